The van der Waals surface area contributed by atoms with Crippen LogP contribution in [0.2, 0.25) is 0 Å². The molecule has 1 aliphatic heterocycles. The van der Waals surface area contributed by atoms with Crippen LogP contribution >= 0.6 is 11.9 Å². The molecule has 44 valence electrons. The average Bonchev–Trinajstić information content (AvgIpc) is 2.14. The summed E-state index contributed by atoms with van der Waals surface area (Å²) in [7, 11) is 1.45. The number of ketones is 1. The van der Waals surface area contributed by atoms with Gasteiger partial charge in [0.2, 0.25) is 5.78 Å². The Morgan fingerprint density at radius 2 is 2.62 bits per heavy atom. The first kappa shape index (κ1) is 5.62. The summed E-state index contributed by atoms with van der Waals surface area (Å²) in [5, 5.41) is 0. The summed E-state index contributed by atoms with van der Waals surface area (Å²) in [5.41, 5.74) is 0. The molecule has 0 saturated heterocycles. The minimum absolute atomic E-state index is 0.0162. The normalized spacial score (nSPS) is 18.6. The van der Waals surface area contributed by atoms with Crippen LogP contribution in [0.25, 0.3) is 0 Å². The lowest BCUT2D eigenvalue weighted by molar-refractivity contribution is -0.111. The quantitative estimate of drug-likeness (QED) is 0.443. The second-order valence-corrected chi connectivity index (χ2v) is 2.03. The van der Waals surface area contributed by atoms with Gasteiger partial charge in [-0.05, 0) is 11.9 Å². The van der Waals surface area contributed by atoms with Gasteiger partial charge < -0.3 is 4.74 Å². The third-order valence-corrected chi connectivity index (χ3v) is 1.46. The van der Waals surface area contributed by atoms with Crippen molar-refractivity contribution in [2.45, 2.75) is 0 Å². The van der Waals surface area contributed by atoms with Gasteiger partial charge in [0.15, 0.2) is 0 Å². The van der Waals surface area contributed by atoms with Crippen molar-refractivity contribution in [3.05, 3.63) is 0 Å². The lowest BCUT2D eigenvalue weighted by Crippen LogP contribution is -2.12. The predicted octanol–water partition coefficient (Wildman–Crippen LogP) is 0.262. The fraction of sp³-hybridized carbons (Fsp3) is 0.500. The molecule has 3 nitrogen and oxygen atoms in total. The highest BCUT2D eigenvalue weighted by Crippen LogP contribution is 2.11. The maximum absolute atomic E-state index is 10.5. The Hall–Kier alpha value is -0.510. The molecule has 0 radical (unpaired) electrons. The van der Waals surface area contributed by atoms with E-state index in [1.807, 2.05) is 0 Å². The van der Waals surface area contributed by atoms with E-state index in [9.17, 15) is 4.79 Å². The number of rotatable bonds is 0. The zero-order valence-corrected chi connectivity index (χ0v) is 5.20. The maximum atomic E-state index is 10.5. The van der Waals surface area contributed by atoms with E-state index in [-0.39, 0.29) is 11.7 Å². The van der Waals surface area contributed by atoms with Crippen LogP contribution in [0.5, 0.6) is 0 Å². The van der Waals surface area contributed by atoms with Crippen LogP contribution < -0.4 is 0 Å². The monoisotopic (exact) mass is 131 g/mol. The Bertz CT molecular complexity index is 143. The molecule has 0 aromatic heterocycles. The molecule has 0 N–H and O–H groups in total. The highest BCUT2D eigenvalue weighted by molar-refractivity contribution is 7.99. The van der Waals surface area contributed by atoms with Gasteiger partial charge in [0.05, 0.1) is 12.9 Å². The third kappa shape index (κ3) is 0.838. The van der Waals surface area contributed by atoms with Crippen LogP contribution in [0.4, 0.5) is 0 Å². The van der Waals surface area contributed by atoms with E-state index in [2.05, 4.69) is 9.13 Å². The van der Waals surface area contributed by atoms with Crippen molar-refractivity contribution in [1.29, 1.82) is 0 Å². The van der Waals surface area contributed by atoms with Crippen molar-refractivity contribution < 1.29 is 9.53 Å². The van der Waals surface area contributed by atoms with E-state index in [4.69, 9.17) is 0 Å². The predicted molar refractivity (Wildman–Crippen MR) is 31.9 cm³/mol. The van der Waals surface area contributed by atoms with Crippen molar-refractivity contribution >= 4 is 23.6 Å². The van der Waals surface area contributed by atoms with Crippen LogP contribution in [-0.2, 0) is 9.53 Å². The minimum Gasteiger partial charge on any atom is -0.478 e. The van der Waals surface area contributed by atoms with Gasteiger partial charge in [0.25, 0.3) is 5.90 Å². The molecule has 1 heterocycles. The fourth-order valence-corrected chi connectivity index (χ4v) is 1.01. The fourth-order valence-electron chi connectivity index (χ4n) is 0.413. The Kier molecular flexibility index (Phi) is 1.53. The molecule has 0 bridgehead atoms. The summed E-state index contributed by atoms with van der Waals surface area (Å²) in [6.45, 7) is 0. The van der Waals surface area contributed by atoms with Gasteiger partial charge in [-0.15, -0.1) is 0 Å². The number of ether oxygens (including phenoxy) is 1. The molecule has 0 atom stereocenters. The molecule has 0 aromatic rings. The number of methoxy groups -OCH3 is 1. The molecule has 0 spiro atoms. The lowest BCUT2D eigenvalue weighted by atomic mass is 10.4. The standard InChI is InChI=1S/C4H5NO2S/c1-7-4-3(6)2-8-5-4/h2H2,1H3. The van der Waals surface area contributed by atoms with Crippen molar-refractivity contribution in [2.24, 2.45) is 4.40 Å². The summed E-state index contributed by atoms with van der Waals surface area (Å²) in [6, 6.07) is 0. The summed E-state index contributed by atoms with van der Waals surface area (Å²) >= 11 is 1.23. The SMILES string of the molecule is COC1=NSCC1=O. The van der Waals surface area contributed by atoms with Gasteiger partial charge in [0, 0.05) is 0 Å². The van der Waals surface area contributed by atoms with Crippen molar-refractivity contribution in [1.82, 2.24) is 0 Å². The molecule has 0 aromatic carbocycles. The first-order chi connectivity index (χ1) is 3.84. The largest absolute Gasteiger partial charge is 0.478 e. The van der Waals surface area contributed by atoms with E-state index in [0.29, 0.717) is 5.75 Å². The molecule has 1 aliphatic rings. The molecule has 0 saturated carbocycles. The highest BCUT2D eigenvalue weighted by Gasteiger charge is 2.17. The number of Topliss-reactive ketones (excluding diaryl/α,β-unsaturated/α-hetero) is 1. The molecule has 0 aliphatic carbocycles. The number of hydrogen-bond donors (Lipinski definition) is 0. The Balaban J connectivity index is 2.62. The molecular weight excluding hydrogens is 126 g/mol. The molecule has 0 unspecified atom stereocenters. The summed E-state index contributed by atoms with van der Waals surface area (Å²) in [4.78, 5) is 10.5. The Labute approximate surface area is 51.3 Å². The second-order valence-electron chi connectivity index (χ2n) is 1.30. The zero-order chi connectivity index (χ0) is 5.98. The average molecular weight is 131 g/mol. The summed E-state index contributed by atoms with van der Waals surface area (Å²) in [5.74, 6) is 0.663. The van der Waals surface area contributed by atoms with Gasteiger partial charge in [0.1, 0.15) is 0 Å². The van der Waals surface area contributed by atoms with Crippen LogP contribution in [0.15, 0.2) is 4.40 Å². The van der Waals surface area contributed by atoms with Crippen LogP contribution in [0.3, 0.4) is 0 Å². The van der Waals surface area contributed by atoms with Crippen molar-refractivity contribution in [2.75, 3.05) is 12.9 Å². The van der Waals surface area contributed by atoms with E-state index >= 15 is 0 Å². The Morgan fingerprint density at radius 1 is 1.88 bits per heavy atom. The van der Waals surface area contributed by atoms with E-state index in [1.54, 1.807) is 0 Å². The van der Waals surface area contributed by atoms with Crippen LogP contribution in [-0.4, -0.2) is 24.5 Å². The number of carbonyl (C=O) groups is 1. The topological polar surface area (TPSA) is 38.7 Å². The smallest absolute Gasteiger partial charge is 0.265 e. The first-order valence-corrected chi connectivity index (χ1v) is 3.06. The summed E-state index contributed by atoms with van der Waals surface area (Å²) in [6.07, 6.45) is 0. The Morgan fingerprint density at radius 3 is 2.88 bits per heavy atom. The molecule has 1 rings (SSSR count). The van der Waals surface area contributed by atoms with Crippen LogP contribution in [0, 0.1) is 0 Å². The van der Waals surface area contributed by atoms with Gasteiger partial charge in [-0.1, -0.05) is 0 Å². The molecule has 0 amide bonds. The van der Waals surface area contributed by atoms with E-state index in [0.717, 1.165) is 0 Å². The molecular formula is C4H5NO2S. The third-order valence-electron chi connectivity index (χ3n) is 0.775. The molecule has 0 fully saturated rings. The summed E-state index contributed by atoms with van der Waals surface area (Å²) < 4.78 is 8.30. The van der Waals surface area contributed by atoms with E-state index in [1.165, 1.54) is 19.1 Å². The number of nitrogens with zero attached hydrogens (tertiary/aromatic N) is 1. The van der Waals surface area contributed by atoms with Crippen LogP contribution in [0.1, 0.15) is 0 Å². The highest BCUT2D eigenvalue weighted by atomic mass is 32.2. The first-order valence-electron chi connectivity index (χ1n) is 2.11. The lowest BCUT2D eigenvalue weighted by Gasteiger charge is -1.89. The minimum atomic E-state index is -0.0162. The number of carbonyl (C=O) groups excluding carboxylic acids is 1. The zero-order valence-electron chi connectivity index (χ0n) is 4.38. The van der Waals surface area contributed by atoms with Crippen molar-refractivity contribution in [3.8, 4) is 0 Å². The second kappa shape index (κ2) is 2.17. The van der Waals surface area contributed by atoms with E-state index < -0.39 is 0 Å². The van der Waals surface area contributed by atoms with Gasteiger partial charge in [-0.3, -0.25) is 4.79 Å². The number of hydrogen-bond acceptors (Lipinski definition) is 4. The molecule has 8 heavy (non-hydrogen) atoms. The maximum Gasteiger partial charge on any atom is 0.265 e. The van der Waals surface area contributed by atoms with Gasteiger partial charge >= 0.3 is 0 Å². The molecule has 4 heteroatoms. The van der Waals surface area contributed by atoms with Gasteiger partial charge in [-0.25, -0.2) is 0 Å². The van der Waals surface area contributed by atoms with Gasteiger partial charge in [-0.2, -0.15) is 4.40 Å². The van der Waals surface area contributed by atoms with Crippen molar-refractivity contribution in [3.63, 3.8) is 0 Å².